The lowest BCUT2D eigenvalue weighted by molar-refractivity contribution is -0.384. The van der Waals surface area contributed by atoms with Crippen LogP contribution in [-0.4, -0.2) is 21.7 Å². The Balaban J connectivity index is 1.70. The van der Waals surface area contributed by atoms with Crippen molar-refractivity contribution in [2.45, 2.75) is 31.6 Å². The number of nitrogens with zero attached hydrogens (tertiary/aromatic N) is 2. The van der Waals surface area contributed by atoms with Crippen LogP contribution < -0.4 is 10.6 Å². The van der Waals surface area contributed by atoms with Crippen molar-refractivity contribution in [2.24, 2.45) is 5.92 Å². The minimum atomic E-state index is -0.534. The molecular formula is C19H18N4O4. The number of hydrogen-bond acceptors (Lipinski definition) is 5. The molecule has 27 heavy (non-hydrogen) atoms. The maximum absolute atomic E-state index is 12.5. The number of nitrogens with one attached hydrogen (secondary N) is 2. The first-order valence-corrected chi connectivity index (χ1v) is 8.89. The van der Waals surface area contributed by atoms with E-state index in [1.54, 1.807) is 12.1 Å². The molecule has 0 saturated heterocycles. The van der Waals surface area contributed by atoms with Crippen LogP contribution in [0.2, 0.25) is 0 Å². The summed E-state index contributed by atoms with van der Waals surface area (Å²) in [6, 6.07) is 6.08. The first-order chi connectivity index (χ1) is 13.0. The van der Waals surface area contributed by atoms with E-state index < -0.39 is 10.8 Å². The Morgan fingerprint density at radius 3 is 2.74 bits per heavy atom. The molecule has 1 aromatic carbocycles. The summed E-state index contributed by atoms with van der Waals surface area (Å²) < 4.78 is 0. The summed E-state index contributed by atoms with van der Waals surface area (Å²) in [5.41, 5.74) is 1.31. The predicted molar refractivity (Wildman–Crippen MR) is 98.6 cm³/mol. The second kappa shape index (κ2) is 6.79. The molecule has 2 aromatic rings. The van der Waals surface area contributed by atoms with Crippen LogP contribution in [0.25, 0.3) is 0 Å². The zero-order valence-electron chi connectivity index (χ0n) is 14.5. The lowest BCUT2D eigenvalue weighted by Gasteiger charge is -2.16. The molecule has 1 saturated carbocycles. The summed E-state index contributed by atoms with van der Waals surface area (Å²) in [5, 5.41) is 17.0. The van der Waals surface area contributed by atoms with Gasteiger partial charge in [-0.15, -0.1) is 0 Å². The van der Waals surface area contributed by atoms with Crippen LogP contribution in [0.1, 0.15) is 47.5 Å². The standard InChI is InChI=1S/C19H18N4O4/c24-18(12-6-3-7-20-10-12)22-15-9-14-13(8-16(15)23(26)27)17(19(25)21-14)11-4-1-2-5-11/h3,6-11,17H,1-2,4-5H2,(H,21,25)(H,22,24). The Morgan fingerprint density at radius 1 is 1.30 bits per heavy atom. The Bertz CT molecular complexity index is 923. The van der Waals surface area contributed by atoms with Crippen molar-refractivity contribution in [3.63, 3.8) is 0 Å². The van der Waals surface area contributed by atoms with Crippen molar-refractivity contribution in [1.82, 2.24) is 4.98 Å². The van der Waals surface area contributed by atoms with Gasteiger partial charge < -0.3 is 10.6 Å². The quantitative estimate of drug-likeness (QED) is 0.635. The summed E-state index contributed by atoms with van der Waals surface area (Å²) in [6.45, 7) is 0. The fraction of sp³-hybridized carbons (Fsp3) is 0.316. The third-order valence-electron chi connectivity index (χ3n) is 5.28. The Morgan fingerprint density at radius 2 is 2.07 bits per heavy atom. The Hall–Kier alpha value is -3.29. The monoisotopic (exact) mass is 366 g/mol. The number of aromatic nitrogens is 1. The Labute approximate surface area is 155 Å². The van der Waals surface area contributed by atoms with Crippen LogP contribution >= 0.6 is 0 Å². The van der Waals surface area contributed by atoms with Crippen molar-refractivity contribution < 1.29 is 14.5 Å². The van der Waals surface area contributed by atoms with Crippen molar-refractivity contribution in [2.75, 3.05) is 10.6 Å². The molecular weight excluding hydrogens is 348 g/mol. The van der Waals surface area contributed by atoms with Gasteiger partial charge >= 0.3 is 0 Å². The van der Waals surface area contributed by atoms with E-state index in [0.717, 1.165) is 25.7 Å². The highest BCUT2D eigenvalue weighted by Gasteiger charge is 2.39. The molecule has 0 radical (unpaired) electrons. The van der Waals surface area contributed by atoms with Gasteiger partial charge in [-0.05, 0) is 42.5 Å². The van der Waals surface area contributed by atoms with Gasteiger partial charge in [0.1, 0.15) is 5.69 Å². The molecule has 2 N–H and O–H groups in total. The van der Waals surface area contributed by atoms with Gasteiger partial charge in [-0.25, -0.2) is 0 Å². The molecule has 8 nitrogen and oxygen atoms in total. The van der Waals surface area contributed by atoms with E-state index in [2.05, 4.69) is 15.6 Å². The number of pyridine rings is 1. The minimum absolute atomic E-state index is 0.0555. The second-order valence-corrected chi connectivity index (χ2v) is 6.92. The number of fused-ring (bicyclic) bond motifs is 1. The van der Waals surface area contributed by atoms with Gasteiger partial charge in [0.2, 0.25) is 5.91 Å². The van der Waals surface area contributed by atoms with Gasteiger partial charge in [0, 0.05) is 24.1 Å². The SMILES string of the molecule is O=C(Nc1cc2c(cc1[N+](=O)[O-])C(C1CCCC1)C(=O)N2)c1cccnc1. The zero-order chi connectivity index (χ0) is 19.0. The molecule has 1 unspecified atom stereocenters. The summed E-state index contributed by atoms with van der Waals surface area (Å²) in [7, 11) is 0. The largest absolute Gasteiger partial charge is 0.325 e. The molecule has 1 aromatic heterocycles. The number of benzene rings is 1. The molecule has 138 valence electrons. The molecule has 1 aliphatic heterocycles. The van der Waals surface area contributed by atoms with E-state index >= 15 is 0 Å². The van der Waals surface area contributed by atoms with Crippen LogP contribution in [-0.2, 0) is 4.79 Å². The van der Waals surface area contributed by atoms with Crippen LogP contribution in [0.15, 0.2) is 36.7 Å². The number of amides is 2. The normalized spacial score (nSPS) is 18.8. The van der Waals surface area contributed by atoms with E-state index in [4.69, 9.17) is 0 Å². The second-order valence-electron chi connectivity index (χ2n) is 6.92. The fourth-order valence-electron chi connectivity index (χ4n) is 4.02. The van der Waals surface area contributed by atoms with Crippen molar-refractivity contribution in [1.29, 1.82) is 0 Å². The highest BCUT2D eigenvalue weighted by atomic mass is 16.6. The average molecular weight is 366 g/mol. The van der Waals surface area contributed by atoms with E-state index in [0.29, 0.717) is 16.8 Å². The van der Waals surface area contributed by atoms with E-state index in [9.17, 15) is 19.7 Å². The highest BCUT2D eigenvalue weighted by Crippen LogP contribution is 2.46. The van der Waals surface area contributed by atoms with Crippen LogP contribution in [0, 0.1) is 16.0 Å². The topological polar surface area (TPSA) is 114 Å². The van der Waals surface area contributed by atoms with Crippen LogP contribution in [0.3, 0.4) is 0 Å². The molecule has 1 atom stereocenters. The van der Waals surface area contributed by atoms with Gasteiger partial charge in [0.05, 0.1) is 16.4 Å². The summed E-state index contributed by atoms with van der Waals surface area (Å²) in [5.74, 6) is -0.768. The highest BCUT2D eigenvalue weighted by molar-refractivity contribution is 6.08. The Kier molecular flexibility index (Phi) is 4.31. The molecule has 2 aliphatic rings. The zero-order valence-corrected chi connectivity index (χ0v) is 14.5. The predicted octanol–water partition coefficient (Wildman–Crippen LogP) is 3.47. The van der Waals surface area contributed by atoms with Crippen LogP contribution in [0.4, 0.5) is 17.1 Å². The number of carbonyl (C=O) groups is 2. The van der Waals surface area contributed by atoms with Crippen LogP contribution in [0.5, 0.6) is 0 Å². The third kappa shape index (κ3) is 3.14. The maximum atomic E-state index is 12.5. The van der Waals surface area contributed by atoms with Gasteiger partial charge in [-0.3, -0.25) is 24.7 Å². The minimum Gasteiger partial charge on any atom is -0.325 e. The number of rotatable bonds is 4. The van der Waals surface area contributed by atoms with Crippen molar-refractivity contribution in [3.05, 3.63) is 57.9 Å². The molecule has 2 amide bonds. The van der Waals surface area contributed by atoms with Crippen molar-refractivity contribution in [3.8, 4) is 0 Å². The molecule has 1 aliphatic carbocycles. The number of nitro benzene ring substituents is 1. The number of hydrogen-bond donors (Lipinski definition) is 2. The van der Waals surface area contributed by atoms with Gasteiger partial charge in [-0.2, -0.15) is 0 Å². The molecule has 4 rings (SSSR count). The maximum Gasteiger partial charge on any atom is 0.293 e. The first kappa shape index (κ1) is 17.1. The lowest BCUT2D eigenvalue weighted by atomic mass is 9.85. The van der Waals surface area contributed by atoms with Gasteiger partial charge in [0.15, 0.2) is 0 Å². The smallest absolute Gasteiger partial charge is 0.293 e. The first-order valence-electron chi connectivity index (χ1n) is 8.89. The van der Waals surface area contributed by atoms with Crippen molar-refractivity contribution >= 4 is 28.9 Å². The van der Waals surface area contributed by atoms with E-state index in [1.807, 2.05) is 0 Å². The van der Waals surface area contributed by atoms with Gasteiger partial charge in [-0.1, -0.05) is 12.8 Å². The van der Waals surface area contributed by atoms with E-state index in [-0.39, 0.29) is 29.1 Å². The van der Waals surface area contributed by atoms with Gasteiger partial charge in [0.25, 0.3) is 11.6 Å². The number of carbonyl (C=O) groups excluding carboxylic acids is 2. The molecule has 0 bridgehead atoms. The molecule has 1 fully saturated rings. The fourth-order valence-corrected chi connectivity index (χ4v) is 4.02. The summed E-state index contributed by atoms with van der Waals surface area (Å²) in [4.78, 5) is 39.8. The number of nitro groups is 1. The summed E-state index contributed by atoms with van der Waals surface area (Å²) in [6.07, 6.45) is 6.96. The molecule has 0 spiro atoms. The average Bonchev–Trinajstić information content (AvgIpc) is 3.28. The third-order valence-corrected chi connectivity index (χ3v) is 5.28. The number of anilines is 2. The summed E-state index contributed by atoms with van der Waals surface area (Å²) >= 11 is 0. The molecule has 8 heteroatoms. The lowest BCUT2D eigenvalue weighted by Crippen LogP contribution is -2.18. The van der Waals surface area contributed by atoms with E-state index in [1.165, 1.54) is 24.5 Å². The molecule has 2 heterocycles.